The number of carbonyl (C=O) groups is 4. The Morgan fingerprint density at radius 1 is 0.603 bits per heavy atom. The van der Waals surface area contributed by atoms with Gasteiger partial charge in [-0.25, -0.2) is 4.79 Å². The molecule has 1 saturated carbocycles. The van der Waals surface area contributed by atoms with Gasteiger partial charge in [-0.1, -0.05) is 84.1 Å². The van der Waals surface area contributed by atoms with Crippen molar-refractivity contribution in [3.05, 3.63) is 59.2 Å². The molecule has 1 saturated heterocycles. The number of likely N-dealkylation sites (tertiary alicyclic amines) is 1. The minimum atomic E-state index is -0.738. The van der Waals surface area contributed by atoms with E-state index in [2.05, 4.69) is 56.9 Å². The molecule has 3 rings (SSSR count). The van der Waals surface area contributed by atoms with Crippen molar-refractivity contribution in [1.82, 2.24) is 4.90 Å². The van der Waals surface area contributed by atoms with Crippen molar-refractivity contribution in [2.24, 2.45) is 11.8 Å². The van der Waals surface area contributed by atoms with E-state index in [9.17, 15) is 19.2 Å². The van der Waals surface area contributed by atoms with Crippen LogP contribution >= 0.6 is 0 Å². The number of nitrogens with zero attached hydrogens (tertiary/aromatic N) is 1. The minimum Gasteiger partial charge on any atom is -0.462 e. The van der Waals surface area contributed by atoms with Crippen LogP contribution in [0.4, 0.5) is 4.79 Å². The maximum Gasteiger partial charge on any atom is 0.508 e. The first-order valence-corrected chi connectivity index (χ1v) is 26.9. The van der Waals surface area contributed by atoms with Gasteiger partial charge in [0.15, 0.2) is 6.29 Å². The third-order valence-corrected chi connectivity index (χ3v) is 12.9. The van der Waals surface area contributed by atoms with Crippen molar-refractivity contribution in [2.75, 3.05) is 39.5 Å². The molecule has 1 aromatic carbocycles. The van der Waals surface area contributed by atoms with Crippen LogP contribution in [-0.4, -0.2) is 80.8 Å². The Kier molecular flexibility index (Phi) is 32.8. The van der Waals surface area contributed by atoms with Crippen LogP contribution in [0.2, 0.25) is 0 Å². The Bertz CT molecular complexity index is 1550. The van der Waals surface area contributed by atoms with Gasteiger partial charge in [0.2, 0.25) is 0 Å². The third kappa shape index (κ3) is 28.7. The molecule has 0 spiro atoms. The average Bonchev–Trinajstić information content (AvgIpc) is 3.35. The van der Waals surface area contributed by atoms with Gasteiger partial charge in [0.25, 0.3) is 0 Å². The maximum absolute atomic E-state index is 13.1. The quantitative estimate of drug-likeness (QED) is 0.0206. The second kappa shape index (κ2) is 38.1. The lowest BCUT2D eigenvalue weighted by atomic mass is 9.84. The predicted octanol–water partition coefficient (Wildman–Crippen LogP) is 13.2. The number of rotatable bonds is 37. The Labute approximate surface area is 410 Å². The smallest absolute Gasteiger partial charge is 0.462 e. The fourth-order valence-corrected chi connectivity index (χ4v) is 8.87. The van der Waals surface area contributed by atoms with E-state index in [-0.39, 0.29) is 62.6 Å². The number of carbonyl (C=O) groups excluding carboxylic acids is 4. The summed E-state index contributed by atoms with van der Waals surface area (Å²) in [5.41, 5.74) is 2.00. The van der Waals surface area contributed by atoms with Crippen LogP contribution in [0, 0.1) is 11.8 Å². The Hall–Kier alpha value is -3.74. The molecule has 1 aliphatic carbocycles. The number of hydrogen-bond donors (Lipinski definition) is 0. The molecule has 68 heavy (non-hydrogen) atoms. The summed E-state index contributed by atoms with van der Waals surface area (Å²) in [6.07, 6.45) is 30.0. The SMILES string of the molecule is CC/C=C\CCCCOC(CCC(=O)OCc1cc(COC(=O)CCCCCC(=O)OC2CCC(CCCCC)CC2)cc(COC(=O)OCC2CCCN(CC)C2)c1)OCCCC/C=C\CC. The first-order chi connectivity index (χ1) is 33.2. The van der Waals surface area contributed by atoms with Crippen LogP contribution in [0.3, 0.4) is 0 Å². The maximum atomic E-state index is 13.1. The normalized spacial score (nSPS) is 17.8. The highest BCUT2D eigenvalue weighted by molar-refractivity contribution is 5.70. The lowest BCUT2D eigenvalue weighted by Crippen LogP contribution is -2.37. The number of allylic oxidation sites excluding steroid dienone is 4. The number of benzene rings is 1. The standard InChI is InChI=1S/C56H91NO11/c1-5-9-12-14-16-22-36-62-55(63-37-23-17-15-13-10-6-2)34-33-53(59)65-44-49-38-48(39-50(40-49)45-67-56(61)66-42-47-26-24-35-57(8-4)41-47)43-64-52(58)27-20-18-21-28-54(60)68-51-31-29-46(30-32-51)25-19-11-7-3/h9-10,12-13,38-40,46-47,51,55H,5-8,11,14-37,41-45H2,1-4H3/b12-9-,13-10-. The molecule has 12 heteroatoms. The summed E-state index contributed by atoms with van der Waals surface area (Å²) in [4.78, 5) is 53.5. The number of piperidine rings is 1. The van der Waals surface area contributed by atoms with Gasteiger partial charge in [-0.15, -0.1) is 0 Å². The van der Waals surface area contributed by atoms with Gasteiger partial charge in [-0.3, -0.25) is 14.4 Å². The van der Waals surface area contributed by atoms with Gasteiger partial charge in [-0.05, 0) is 157 Å². The van der Waals surface area contributed by atoms with Crippen molar-refractivity contribution in [3.63, 3.8) is 0 Å². The van der Waals surface area contributed by atoms with Crippen LogP contribution in [0.1, 0.15) is 205 Å². The van der Waals surface area contributed by atoms with E-state index in [1.165, 1.54) is 25.7 Å². The number of ether oxygens (including phenoxy) is 7. The summed E-state index contributed by atoms with van der Waals surface area (Å²) in [6.45, 7) is 12.9. The molecule has 0 N–H and O–H groups in total. The lowest BCUT2D eigenvalue weighted by molar-refractivity contribution is -0.160. The van der Waals surface area contributed by atoms with Crippen LogP contribution in [0.5, 0.6) is 0 Å². The molecular formula is C56H91NO11. The van der Waals surface area contributed by atoms with Gasteiger partial charge < -0.3 is 38.1 Å². The molecule has 2 aliphatic rings. The monoisotopic (exact) mass is 954 g/mol. The van der Waals surface area contributed by atoms with Crippen LogP contribution in [0.25, 0.3) is 0 Å². The Morgan fingerprint density at radius 2 is 1.19 bits per heavy atom. The van der Waals surface area contributed by atoms with Crippen LogP contribution in [-0.2, 0) is 67.4 Å². The van der Waals surface area contributed by atoms with E-state index in [1.54, 1.807) is 0 Å². The summed E-state index contributed by atoms with van der Waals surface area (Å²) in [5, 5.41) is 0. The summed E-state index contributed by atoms with van der Waals surface area (Å²) in [5.74, 6) is 0.177. The van der Waals surface area contributed by atoms with E-state index < -0.39 is 12.4 Å². The summed E-state index contributed by atoms with van der Waals surface area (Å²) < 4.78 is 40.4. The largest absolute Gasteiger partial charge is 0.508 e. The molecule has 1 heterocycles. The molecule has 0 amide bonds. The first kappa shape index (κ1) is 58.6. The molecule has 1 unspecified atom stereocenters. The number of unbranched alkanes of at least 4 members (excludes halogenated alkanes) is 8. The summed E-state index contributed by atoms with van der Waals surface area (Å²) >= 11 is 0. The Morgan fingerprint density at radius 3 is 1.78 bits per heavy atom. The topological polar surface area (TPSA) is 136 Å². The van der Waals surface area contributed by atoms with E-state index in [4.69, 9.17) is 33.2 Å². The second-order valence-corrected chi connectivity index (χ2v) is 18.9. The molecule has 0 bridgehead atoms. The highest BCUT2D eigenvalue weighted by atomic mass is 16.7. The van der Waals surface area contributed by atoms with Crippen molar-refractivity contribution >= 4 is 24.1 Å². The van der Waals surface area contributed by atoms with E-state index >= 15 is 0 Å². The van der Waals surface area contributed by atoms with Crippen LogP contribution in [0.15, 0.2) is 42.5 Å². The van der Waals surface area contributed by atoms with Crippen molar-refractivity contribution in [1.29, 1.82) is 0 Å². The van der Waals surface area contributed by atoms with Crippen molar-refractivity contribution < 1.29 is 52.3 Å². The fourth-order valence-electron chi connectivity index (χ4n) is 8.87. The highest BCUT2D eigenvalue weighted by Gasteiger charge is 2.24. The van der Waals surface area contributed by atoms with Gasteiger partial charge >= 0.3 is 24.1 Å². The van der Waals surface area contributed by atoms with Crippen molar-refractivity contribution in [2.45, 2.75) is 220 Å². The zero-order valence-electron chi connectivity index (χ0n) is 42.8. The molecular weight excluding hydrogens is 863 g/mol. The molecule has 12 nitrogen and oxygen atoms in total. The fraction of sp³-hybridized carbons (Fsp3) is 0.750. The number of esters is 3. The Balaban J connectivity index is 1.49. The van der Waals surface area contributed by atoms with Gasteiger partial charge in [-0.2, -0.15) is 0 Å². The van der Waals surface area contributed by atoms with Gasteiger partial charge in [0.1, 0.15) is 25.9 Å². The average molecular weight is 954 g/mol. The van der Waals surface area contributed by atoms with Crippen LogP contribution < -0.4 is 0 Å². The number of hydrogen-bond acceptors (Lipinski definition) is 12. The second-order valence-electron chi connectivity index (χ2n) is 18.9. The summed E-state index contributed by atoms with van der Waals surface area (Å²) in [6, 6.07) is 5.46. The molecule has 2 fully saturated rings. The first-order valence-electron chi connectivity index (χ1n) is 26.9. The predicted molar refractivity (Wildman–Crippen MR) is 268 cm³/mol. The molecule has 386 valence electrons. The van der Waals surface area contributed by atoms with E-state index in [0.29, 0.717) is 62.2 Å². The zero-order chi connectivity index (χ0) is 48.9. The molecule has 1 aromatic rings. The lowest BCUT2D eigenvalue weighted by Gasteiger charge is -2.31. The van der Waals surface area contributed by atoms with Gasteiger partial charge in [0, 0.05) is 44.9 Å². The highest BCUT2D eigenvalue weighted by Crippen LogP contribution is 2.30. The van der Waals surface area contributed by atoms with Crippen molar-refractivity contribution in [3.8, 4) is 0 Å². The van der Waals surface area contributed by atoms with E-state index in [0.717, 1.165) is 122 Å². The molecule has 0 aromatic heterocycles. The molecule has 0 radical (unpaired) electrons. The third-order valence-electron chi connectivity index (χ3n) is 12.9. The van der Waals surface area contributed by atoms with E-state index in [1.807, 2.05) is 18.2 Å². The minimum absolute atomic E-state index is 0.000982. The summed E-state index contributed by atoms with van der Waals surface area (Å²) in [7, 11) is 0. The molecule has 1 atom stereocenters. The zero-order valence-corrected chi connectivity index (χ0v) is 42.8. The van der Waals surface area contributed by atoms with Gasteiger partial charge in [0.05, 0.1) is 13.0 Å². The molecule has 1 aliphatic heterocycles.